The van der Waals surface area contributed by atoms with Crippen LogP contribution in [0.15, 0.2) is 23.1 Å². The van der Waals surface area contributed by atoms with E-state index < -0.39 is 10.0 Å². The maximum atomic E-state index is 11.4. The van der Waals surface area contributed by atoms with Crippen molar-refractivity contribution in [2.45, 2.75) is 11.8 Å². The highest BCUT2D eigenvalue weighted by Gasteiger charge is 2.11. The zero-order valence-corrected chi connectivity index (χ0v) is 10.3. The number of sulfonamides is 1. The fraction of sp³-hybridized carbons (Fsp3) is 0.250. The van der Waals surface area contributed by atoms with Gasteiger partial charge in [-0.25, -0.2) is 13.1 Å². The molecule has 1 rings (SSSR count). The first-order chi connectivity index (χ1) is 5.97. The highest BCUT2D eigenvalue weighted by atomic mass is 127. The highest BCUT2D eigenvalue weighted by molar-refractivity contribution is 14.1. The summed E-state index contributed by atoms with van der Waals surface area (Å²) in [6.45, 7) is 1.94. The van der Waals surface area contributed by atoms with Crippen LogP contribution in [-0.2, 0) is 10.0 Å². The van der Waals surface area contributed by atoms with Crippen LogP contribution in [0.5, 0.6) is 0 Å². The molecular formula is C8H10INO2S. The van der Waals surface area contributed by atoms with Gasteiger partial charge in [-0.2, -0.15) is 0 Å². The number of benzene rings is 1. The smallest absolute Gasteiger partial charge is 0.214 e. The summed E-state index contributed by atoms with van der Waals surface area (Å²) < 4.78 is 25.9. The molecule has 1 aromatic rings. The molecule has 0 fully saturated rings. The van der Waals surface area contributed by atoms with Gasteiger partial charge in [0.2, 0.25) is 10.0 Å². The van der Waals surface area contributed by atoms with Crippen molar-refractivity contribution < 1.29 is 8.42 Å². The molecule has 13 heavy (non-hydrogen) atoms. The van der Waals surface area contributed by atoms with E-state index in [4.69, 9.17) is 0 Å². The summed E-state index contributed by atoms with van der Waals surface area (Å²) in [5, 5.41) is 0. The van der Waals surface area contributed by atoms with Crippen LogP contribution in [0, 0.1) is 10.5 Å². The van der Waals surface area contributed by atoms with Gasteiger partial charge in [0.1, 0.15) is 0 Å². The van der Waals surface area contributed by atoms with Gasteiger partial charge in [0.05, 0.1) is 4.90 Å². The molecule has 0 saturated carbocycles. The normalized spacial score (nSPS) is 11.6. The van der Waals surface area contributed by atoms with Crippen molar-refractivity contribution in [1.29, 1.82) is 0 Å². The van der Waals surface area contributed by atoms with Crippen molar-refractivity contribution in [2.75, 3.05) is 7.05 Å². The maximum absolute atomic E-state index is 11.4. The monoisotopic (exact) mass is 311 g/mol. The van der Waals surface area contributed by atoms with Gasteiger partial charge >= 0.3 is 0 Å². The number of halogens is 1. The summed E-state index contributed by atoms with van der Waals surface area (Å²) in [5.41, 5.74) is 1.08. The summed E-state index contributed by atoms with van der Waals surface area (Å²) in [4.78, 5) is 0.310. The van der Waals surface area contributed by atoms with E-state index in [2.05, 4.69) is 27.3 Å². The van der Waals surface area contributed by atoms with Crippen LogP contribution in [0.1, 0.15) is 5.56 Å². The third kappa shape index (κ3) is 2.41. The van der Waals surface area contributed by atoms with Gasteiger partial charge in [0.25, 0.3) is 0 Å². The molecule has 0 bridgehead atoms. The molecule has 72 valence electrons. The van der Waals surface area contributed by atoms with Gasteiger partial charge in [-0.3, -0.25) is 0 Å². The average molecular weight is 311 g/mol. The number of hydrogen-bond acceptors (Lipinski definition) is 2. The largest absolute Gasteiger partial charge is 0.240 e. The van der Waals surface area contributed by atoms with Gasteiger partial charge in [-0.05, 0) is 54.3 Å². The SMILES string of the molecule is CNS(=O)(=O)c1ccc(C)c(I)c1. The zero-order valence-electron chi connectivity index (χ0n) is 7.33. The standard InChI is InChI=1S/C8H10INO2S/c1-6-3-4-7(5-8(6)9)13(11,12)10-2/h3-5,10H,1-2H3. The first-order valence-corrected chi connectivity index (χ1v) is 6.23. The van der Waals surface area contributed by atoms with E-state index in [0.29, 0.717) is 4.90 Å². The Balaban J connectivity index is 3.27. The van der Waals surface area contributed by atoms with Crippen molar-refractivity contribution in [1.82, 2.24) is 4.72 Å². The van der Waals surface area contributed by atoms with Gasteiger partial charge in [-0.1, -0.05) is 6.07 Å². The molecule has 0 spiro atoms. The molecule has 0 aliphatic heterocycles. The Labute approximate surface area is 91.7 Å². The Kier molecular flexibility index (Phi) is 3.31. The van der Waals surface area contributed by atoms with Crippen molar-refractivity contribution in [3.05, 3.63) is 27.3 Å². The predicted molar refractivity (Wildman–Crippen MR) is 60.1 cm³/mol. The van der Waals surface area contributed by atoms with Crippen LogP contribution < -0.4 is 4.72 Å². The lowest BCUT2D eigenvalue weighted by molar-refractivity contribution is 0.588. The molecule has 0 aliphatic carbocycles. The van der Waals surface area contributed by atoms with Crippen LogP contribution in [-0.4, -0.2) is 15.5 Å². The summed E-state index contributed by atoms with van der Waals surface area (Å²) in [6.07, 6.45) is 0. The molecule has 0 saturated heterocycles. The highest BCUT2D eigenvalue weighted by Crippen LogP contribution is 2.16. The van der Waals surface area contributed by atoms with Gasteiger partial charge in [0.15, 0.2) is 0 Å². The van der Waals surface area contributed by atoms with Crippen LogP contribution in [0.4, 0.5) is 0 Å². The molecule has 1 N–H and O–H groups in total. The van der Waals surface area contributed by atoms with Crippen molar-refractivity contribution >= 4 is 32.6 Å². The number of hydrogen-bond donors (Lipinski definition) is 1. The zero-order chi connectivity index (χ0) is 10.1. The number of rotatable bonds is 2. The molecule has 0 amide bonds. The third-order valence-electron chi connectivity index (χ3n) is 1.72. The summed E-state index contributed by atoms with van der Waals surface area (Å²) in [5.74, 6) is 0. The molecule has 0 aliphatic rings. The molecule has 0 aromatic heterocycles. The molecule has 1 aromatic carbocycles. The molecule has 3 nitrogen and oxygen atoms in total. The van der Waals surface area contributed by atoms with E-state index in [1.165, 1.54) is 7.05 Å². The predicted octanol–water partition coefficient (Wildman–Crippen LogP) is 1.51. The lowest BCUT2D eigenvalue weighted by Crippen LogP contribution is -2.18. The van der Waals surface area contributed by atoms with Gasteiger partial charge < -0.3 is 0 Å². The van der Waals surface area contributed by atoms with E-state index >= 15 is 0 Å². The van der Waals surface area contributed by atoms with Gasteiger partial charge in [0, 0.05) is 3.57 Å². The van der Waals surface area contributed by atoms with Crippen LogP contribution in [0.3, 0.4) is 0 Å². The summed E-state index contributed by atoms with van der Waals surface area (Å²) in [7, 11) is -1.89. The van der Waals surface area contributed by atoms with E-state index in [-0.39, 0.29) is 0 Å². The van der Waals surface area contributed by atoms with Crippen molar-refractivity contribution in [3.63, 3.8) is 0 Å². The molecule has 0 heterocycles. The Morgan fingerprint density at radius 2 is 2.00 bits per heavy atom. The fourth-order valence-electron chi connectivity index (χ4n) is 0.859. The minimum Gasteiger partial charge on any atom is -0.214 e. The molecular weight excluding hydrogens is 301 g/mol. The van der Waals surface area contributed by atoms with E-state index in [1.54, 1.807) is 18.2 Å². The quantitative estimate of drug-likeness (QED) is 0.842. The lowest BCUT2D eigenvalue weighted by Gasteiger charge is -2.04. The van der Waals surface area contributed by atoms with Gasteiger partial charge in [-0.15, -0.1) is 0 Å². The second-order valence-corrected chi connectivity index (χ2v) is 5.67. The van der Waals surface area contributed by atoms with Crippen molar-refractivity contribution in [2.24, 2.45) is 0 Å². The third-order valence-corrected chi connectivity index (χ3v) is 4.30. The Bertz CT molecular complexity index is 414. The first kappa shape index (κ1) is 10.9. The van der Waals surface area contributed by atoms with Crippen LogP contribution in [0.2, 0.25) is 0 Å². The topological polar surface area (TPSA) is 46.2 Å². The second kappa shape index (κ2) is 3.93. The number of aryl methyl sites for hydroxylation is 1. The lowest BCUT2D eigenvalue weighted by atomic mass is 10.2. The molecule has 0 unspecified atom stereocenters. The van der Waals surface area contributed by atoms with E-state index in [9.17, 15) is 8.42 Å². The van der Waals surface area contributed by atoms with Crippen LogP contribution in [0.25, 0.3) is 0 Å². The average Bonchev–Trinajstić information content (AvgIpc) is 2.09. The Morgan fingerprint density at radius 3 is 2.46 bits per heavy atom. The Morgan fingerprint density at radius 1 is 1.38 bits per heavy atom. The maximum Gasteiger partial charge on any atom is 0.240 e. The fourth-order valence-corrected chi connectivity index (χ4v) is 2.34. The molecule has 0 radical (unpaired) electrons. The molecule has 5 heteroatoms. The minimum absolute atomic E-state index is 0.310. The van der Waals surface area contributed by atoms with E-state index in [1.807, 2.05) is 6.92 Å². The number of nitrogens with one attached hydrogen (secondary N) is 1. The minimum atomic E-state index is -3.29. The summed E-state index contributed by atoms with van der Waals surface area (Å²) >= 11 is 2.11. The van der Waals surface area contributed by atoms with Crippen LogP contribution >= 0.6 is 22.6 Å². The first-order valence-electron chi connectivity index (χ1n) is 3.67. The second-order valence-electron chi connectivity index (χ2n) is 2.62. The Hall–Kier alpha value is -0.140. The van der Waals surface area contributed by atoms with E-state index in [0.717, 1.165) is 9.13 Å². The summed E-state index contributed by atoms with van der Waals surface area (Å²) in [6, 6.07) is 5.05. The molecule has 0 atom stereocenters. The van der Waals surface area contributed by atoms with Crippen molar-refractivity contribution in [3.8, 4) is 0 Å².